The van der Waals surface area contributed by atoms with Crippen LogP contribution in [0.15, 0.2) is 42.9 Å². The number of halogens is 3. The van der Waals surface area contributed by atoms with Crippen LogP contribution in [0.2, 0.25) is 0 Å². The first-order valence-corrected chi connectivity index (χ1v) is 9.64. The molecule has 0 bridgehead atoms. The molecule has 162 valence electrons. The number of aryl methyl sites for hydroxylation is 3. The van der Waals surface area contributed by atoms with Crippen LogP contribution in [0.25, 0.3) is 11.2 Å². The number of primary amides is 1. The summed E-state index contributed by atoms with van der Waals surface area (Å²) < 4.78 is 40.7. The fourth-order valence-corrected chi connectivity index (χ4v) is 3.49. The van der Waals surface area contributed by atoms with Crippen LogP contribution in [-0.4, -0.2) is 35.1 Å². The van der Waals surface area contributed by atoms with Gasteiger partial charge in [-0.3, -0.25) is 9.48 Å². The number of pyridine rings is 1. The SMILES string of the molecule is Cn1nc(C(F)(F)F)cc1C(N)=O.c1cc2cc(-n3cc4c(n3)CCCC4)ccn2n1. The van der Waals surface area contributed by atoms with Crippen molar-refractivity contribution in [1.82, 2.24) is 29.2 Å². The third-order valence-electron chi connectivity index (χ3n) is 5.06. The Morgan fingerprint density at radius 3 is 2.55 bits per heavy atom. The lowest BCUT2D eigenvalue weighted by atomic mass is 9.99. The molecule has 4 heterocycles. The second kappa shape index (κ2) is 7.89. The van der Waals surface area contributed by atoms with Crippen LogP contribution >= 0.6 is 0 Å². The van der Waals surface area contributed by atoms with Crippen LogP contribution < -0.4 is 5.73 Å². The van der Waals surface area contributed by atoms with Gasteiger partial charge in [-0.15, -0.1) is 0 Å². The fraction of sp³-hybridized carbons (Fsp3) is 0.300. The molecule has 8 nitrogen and oxygen atoms in total. The molecule has 5 rings (SSSR count). The molecular weight excluding hydrogens is 411 g/mol. The zero-order valence-electron chi connectivity index (χ0n) is 16.7. The summed E-state index contributed by atoms with van der Waals surface area (Å²) in [5, 5.41) is 12.0. The maximum Gasteiger partial charge on any atom is 0.435 e. The molecule has 4 aromatic heterocycles. The molecule has 2 N–H and O–H groups in total. The van der Waals surface area contributed by atoms with Crippen molar-refractivity contribution >= 4 is 11.4 Å². The summed E-state index contributed by atoms with van der Waals surface area (Å²) in [6.45, 7) is 0. The van der Waals surface area contributed by atoms with Gasteiger partial charge in [0.25, 0.3) is 5.91 Å². The number of amides is 1. The highest BCUT2D eigenvalue weighted by molar-refractivity contribution is 5.91. The molecule has 4 aromatic rings. The van der Waals surface area contributed by atoms with E-state index in [9.17, 15) is 18.0 Å². The standard InChI is InChI=1S/C14H14N4.C6H6F3N3O/c1-2-4-14-11(3-1)10-18(16-14)13-6-8-17-12(9-13)5-7-15-17;1-12-3(5(10)13)2-4(11-12)6(7,8)9/h5-10H,1-4H2;2H,1H3,(H2,10,13). The van der Waals surface area contributed by atoms with Crippen LogP contribution in [-0.2, 0) is 26.1 Å². The predicted octanol–water partition coefficient (Wildman–Crippen LogP) is 2.94. The Kier molecular flexibility index (Phi) is 5.25. The summed E-state index contributed by atoms with van der Waals surface area (Å²) in [4.78, 5) is 10.6. The topological polar surface area (TPSA) is 96.0 Å². The largest absolute Gasteiger partial charge is 0.435 e. The summed E-state index contributed by atoms with van der Waals surface area (Å²) in [6, 6.07) is 6.79. The van der Waals surface area contributed by atoms with Gasteiger partial charge < -0.3 is 5.73 Å². The Balaban J connectivity index is 0.000000159. The molecule has 1 aliphatic rings. The third kappa shape index (κ3) is 4.30. The number of hydrogen-bond donors (Lipinski definition) is 1. The maximum absolute atomic E-state index is 12.0. The molecule has 11 heteroatoms. The number of nitrogens with two attached hydrogens (primary N) is 1. The van der Waals surface area contributed by atoms with E-state index in [1.165, 1.54) is 37.6 Å². The summed E-state index contributed by atoms with van der Waals surface area (Å²) in [7, 11) is 1.22. The summed E-state index contributed by atoms with van der Waals surface area (Å²) >= 11 is 0. The van der Waals surface area contributed by atoms with E-state index in [2.05, 4.69) is 28.5 Å². The molecule has 0 saturated heterocycles. The van der Waals surface area contributed by atoms with Gasteiger partial charge in [-0.25, -0.2) is 9.20 Å². The number of hydrogen-bond acceptors (Lipinski definition) is 4. The average molecular weight is 431 g/mol. The normalized spacial score (nSPS) is 13.5. The molecule has 0 radical (unpaired) electrons. The summed E-state index contributed by atoms with van der Waals surface area (Å²) in [5.74, 6) is -0.939. The van der Waals surface area contributed by atoms with E-state index in [0.29, 0.717) is 6.07 Å². The second-order valence-corrected chi connectivity index (χ2v) is 7.24. The molecule has 0 fully saturated rings. The van der Waals surface area contributed by atoms with Crippen LogP contribution in [0.1, 0.15) is 40.3 Å². The fourth-order valence-electron chi connectivity index (χ4n) is 3.49. The lowest BCUT2D eigenvalue weighted by molar-refractivity contribution is -0.141. The van der Waals surface area contributed by atoms with Gasteiger partial charge in [0.15, 0.2) is 5.69 Å². The zero-order chi connectivity index (χ0) is 22.2. The van der Waals surface area contributed by atoms with E-state index >= 15 is 0 Å². The van der Waals surface area contributed by atoms with Crippen LogP contribution in [0.5, 0.6) is 0 Å². The molecule has 0 aromatic carbocycles. The molecule has 0 atom stereocenters. The smallest absolute Gasteiger partial charge is 0.364 e. The maximum atomic E-state index is 12.0. The van der Waals surface area contributed by atoms with E-state index in [1.807, 2.05) is 27.7 Å². The van der Waals surface area contributed by atoms with Gasteiger partial charge in [-0.05, 0) is 49.4 Å². The van der Waals surface area contributed by atoms with Crippen LogP contribution in [0.4, 0.5) is 13.2 Å². The number of fused-ring (bicyclic) bond motifs is 2. The molecule has 1 amide bonds. The van der Waals surface area contributed by atoms with Crippen LogP contribution in [0.3, 0.4) is 0 Å². The summed E-state index contributed by atoms with van der Waals surface area (Å²) in [5.41, 5.74) is 8.30. The van der Waals surface area contributed by atoms with Gasteiger partial charge in [-0.1, -0.05) is 0 Å². The first kappa shape index (κ1) is 20.6. The minimum absolute atomic E-state index is 0.271. The number of alkyl halides is 3. The second-order valence-electron chi connectivity index (χ2n) is 7.24. The minimum Gasteiger partial charge on any atom is -0.364 e. The lowest BCUT2D eigenvalue weighted by Gasteiger charge is -2.06. The molecule has 31 heavy (non-hydrogen) atoms. The average Bonchev–Trinajstić information content (AvgIpc) is 3.44. The van der Waals surface area contributed by atoms with E-state index in [0.717, 1.165) is 22.3 Å². The van der Waals surface area contributed by atoms with E-state index in [-0.39, 0.29) is 5.69 Å². The van der Waals surface area contributed by atoms with Crippen molar-refractivity contribution in [2.24, 2.45) is 12.8 Å². The van der Waals surface area contributed by atoms with Gasteiger partial charge in [0.2, 0.25) is 0 Å². The van der Waals surface area contributed by atoms with Crippen molar-refractivity contribution < 1.29 is 18.0 Å². The van der Waals surface area contributed by atoms with Crippen molar-refractivity contribution in [3.05, 3.63) is 65.5 Å². The molecule has 0 saturated carbocycles. The molecule has 0 unspecified atom stereocenters. The number of carbonyl (C=O) groups is 1. The molecule has 1 aliphatic carbocycles. The molecule has 0 aliphatic heterocycles. The van der Waals surface area contributed by atoms with Crippen LogP contribution in [0, 0.1) is 0 Å². The third-order valence-corrected chi connectivity index (χ3v) is 5.06. The predicted molar refractivity (Wildman–Crippen MR) is 106 cm³/mol. The monoisotopic (exact) mass is 431 g/mol. The highest BCUT2D eigenvalue weighted by Crippen LogP contribution is 2.28. The van der Waals surface area contributed by atoms with Crippen molar-refractivity contribution in [3.63, 3.8) is 0 Å². The van der Waals surface area contributed by atoms with Gasteiger partial charge in [-0.2, -0.15) is 28.5 Å². The highest BCUT2D eigenvalue weighted by atomic mass is 19.4. The van der Waals surface area contributed by atoms with Gasteiger partial charge in [0.05, 0.1) is 16.9 Å². The quantitative estimate of drug-likeness (QED) is 0.528. The molecule has 0 spiro atoms. The van der Waals surface area contributed by atoms with Crippen molar-refractivity contribution in [2.45, 2.75) is 31.9 Å². The van der Waals surface area contributed by atoms with Gasteiger partial charge in [0.1, 0.15) is 5.69 Å². The van der Waals surface area contributed by atoms with Crippen molar-refractivity contribution in [3.8, 4) is 5.69 Å². The Morgan fingerprint density at radius 1 is 1.13 bits per heavy atom. The minimum atomic E-state index is -4.55. The first-order chi connectivity index (χ1) is 14.7. The zero-order valence-corrected chi connectivity index (χ0v) is 16.7. The first-order valence-electron chi connectivity index (χ1n) is 9.64. The van der Waals surface area contributed by atoms with E-state index < -0.39 is 17.8 Å². The Morgan fingerprint density at radius 2 is 1.90 bits per heavy atom. The number of rotatable bonds is 2. The van der Waals surface area contributed by atoms with Gasteiger partial charge in [0, 0.05) is 31.7 Å². The number of nitrogens with zero attached hydrogens (tertiary/aromatic N) is 6. The lowest BCUT2D eigenvalue weighted by Crippen LogP contribution is -2.15. The molecular formula is C20H20F3N7O. The van der Waals surface area contributed by atoms with E-state index in [4.69, 9.17) is 10.8 Å². The Hall–Kier alpha value is -3.63. The Labute approximate surface area is 175 Å². The van der Waals surface area contributed by atoms with E-state index in [1.54, 1.807) is 0 Å². The Bertz CT molecular complexity index is 1210. The summed E-state index contributed by atoms with van der Waals surface area (Å²) in [6.07, 6.45) is 6.27. The number of aromatic nitrogens is 6. The van der Waals surface area contributed by atoms with Gasteiger partial charge >= 0.3 is 6.18 Å². The number of carbonyl (C=O) groups excluding carboxylic acids is 1. The highest BCUT2D eigenvalue weighted by Gasteiger charge is 2.35. The van der Waals surface area contributed by atoms with Crippen molar-refractivity contribution in [2.75, 3.05) is 0 Å². The van der Waals surface area contributed by atoms with Crippen molar-refractivity contribution in [1.29, 1.82) is 0 Å².